The Morgan fingerprint density at radius 2 is 1.00 bits per heavy atom. The second-order valence-corrected chi connectivity index (χ2v) is 4.55. The first-order valence-corrected chi connectivity index (χ1v) is 5.45. The highest BCUT2D eigenvalue weighted by Crippen LogP contribution is 2.17. The molecular weight excluding hydrogens is 144 g/mol. The monoisotopic (exact) mass is 172 g/mol. The van der Waals surface area contributed by atoms with E-state index in [1.165, 1.54) is 12.8 Å². The maximum Gasteiger partial charge on any atom is -0.0396 e. The Kier molecular flexibility index (Phi) is 11.0. The highest BCUT2D eigenvalue weighted by Gasteiger charge is 2.06. The van der Waals surface area contributed by atoms with E-state index in [9.17, 15) is 0 Å². The van der Waals surface area contributed by atoms with Crippen LogP contribution >= 0.6 is 0 Å². The topological polar surface area (TPSA) is 0 Å². The summed E-state index contributed by atoms with van der Waals surface area (Å²) in [5.41, 5.74) is 0. The van der Waals surface area contributed by atoms with Gasteiger partial charge in [0.1, 0.15) is 0 Å². The van der Waals surface area contributed by atoms with E-state index < -0.39 is 0 Å². The Morgan fingerprint density at radius 3 is 1.00 bits per heavy atom. The van der Waals surface area contributed by atoms with Crippen LogP contribution in [0, 0.1) is 17.8 Å². The molecule has 0 fully saturated rings. The van der Waals surface area contributed by atoms with Crippen molar-refractivity contribution in [2.75, 3.05) is 0 Å². The predicted octanol–water partition coefficient (Wildman–Crippen LogP) is 4.74. The van der Waals surface area contributed by atoms with Crippen LogP contribution in [0.3, 0.4) is 0 Å². The van der Waals surface area contributed by atoms with Crippen LogP contribution < -0.4 is 0 Å². The van der Waals surface area contributed by atoms with Gasteiger partial charge in [0.2, 0.25) is 0 Å². The van der Waals surface area contributed by atoms with Crippen molar-refractivity contribution >= 4 is 0 Å². The van der Waals surface area contributed by atoms with Gasteiger partial charge in [0.05, 0.1) is 0 Å². The molecule has 0 unspecified atom stereocenters. The van der Waals surface area contributed by atoms with Gasteiger partial charge in [-0.15, -0.1) is 0 Å². The van der Waals surface area contributed by atoms with Gasteiger partial charge in [-0.25, -0.2) is 0 Å². The first kappa shape index (κ1) is 14.5. The molecule has 0 aromatic heterocycles. The maximum absolute atomic E-state index is 2.30. The molecule has 0 heterocycles. The average Bonchev–Trinajstić information content (AvgIpc) is 1.87. The molecule has 0 atom stereocenters. The minimum Gasteiger partial charge on any atom is -0.0651 e. The Morgan fingerprint density at radius 1 is 0.750 bits per heavy atom. The smallest absolute Gasteiger partial charge is 0.0396 e. The van der Waals surface area contributed by atoms with E-state index in [1.807, 2.05) is 0 Å². The zero-order valence-electron chi connectivity index (χ0n) is 10.1. The summed E-state index contributed by atoms with van der Waals surface area (Å²) in [6.07, 6.45) is 2.68. The van der Waals surface area contributed by atoms with E-state index in [0.29, 0.717) is 0 Å². The summed E-state index contributed by atoms with van der Waals surface area (Å²) in [4.78, 5) is 0. The highest BCUT2D eigenvalue weighted by molar-refractivity contribution is 4.57. The van der Waals surface area contributed by atoms with Crippen LogP contribution in [-0.2, 0) is 0 Å². The van der Waals surface area contributed by atoms with Gasteiger partial charge in [0.25, 0.3) is 0 Å². The molecule has 0 saturated heterocycles. The summed E-state index contributed by atoms with van der Waals surface area (Å²) in [5.74, 6) is 2.67. The minimum atomic E-state index is 0.833. The molecule has 0 rings (SSSR count). The third-order valence-electron chi connectivity index (χ3n) is 1.99. The fourth-order valence-electron chi connectivity index (χ4n) is 1.23. The van der Waals surface area contributed by atoms with Crippen LogP contribution in [0.4, 0.5) is 0 Å². The second-order valence-electron chi connectivity index (χ2n) is 4.55. The molecule has 0 aromatic rings. The van der Waals surface area contributed by atoms with Crippen LogP contribution in [0.2, 0.25) is 0 Å². The Balaban J connectivity index is 0. The molecule has 0 aliphatic carbocycles. The molecule has 0 saturated carbocycles. The molecule has 0 aliphatic heterocycles. The largest absolute Gasteiger partial charge is 0.0651 e. The van der Waals surface area contributed by atoms with Gasteiger partial charge in [0, 0.05) is 0 Å². The lowest BCUT2D eigenvalue weighted by Crippen LogP contribution is -2.04. The second kappa shape index (κ2) is 9.09. The summed E-state index contributed by atoms with van der Waals surface area (Å²) < 4.78 is 0. The van der Waals surface area contributed by atoms with E-state index in [-0.39, 0.29) is 0 Å². The number of hydrogen-bond acceptors (Lipinski definition) is 0. The van der Waals surface area contributed by atoms with Crippen LogP contribution in [0.5, 0.6) is 0 Å². The lowest BCUT2D eigenvalue weighted by molar-refractivity contribution is 0.362. The molecule has 0 bridgehead atoms. The van der Waals surface area contributed by atoms with Gasteiger partial charge < -0.3 is 0 Å². The molecule has 0 nitrogen and oxygen atoms in total. The van der Waals surface area contributed by atoms with Gasteiger partial charge in [-0.05, 0) is 17.8 Å². The van der Waals surface area contributed by atoms with Crippen molar-refractivity contribution in [3.63, 3.8) is 0 Å². The normalized spacial score (nSPS) is 10.5. The number of hydrogen-bond donors (Lipinski definition) is 0. The first-order chi connectivity index (χ1) is 5.45. The molecule has 0 aliphatic rings. The van der Waals surface area contributed by atoms with Crippen LogP contribution in [0.1, 0.15) is 61.3 Å². The minimum absolute atomic E-state index is 0.833. The molecular formula is C12H28. The number of rotatable bonds is 3. The van der Waals surface area contributed by atoms with Crippen molar-refractivity contribution in [1.82, 2.24) is 0 Å². The van der Waals surface area contributed by atoms with Crippen molar-refractivity contribution in [3.05, 3.63) is 0 Å². The lowest BCUT2D eigenvalue weighted by atomic mass is 9.91. The molecule has 0 N–H and O–H groups in total. The Bertz CT molecular complexity index is 65.4. The van der Waals surface area contributed by atoms with Gasteiger partial charge in [-0.1, -0.05) is 61.3 Å². The molecule has 0 aromatic carbocycles. The van der Waals surface area contributed by atoms with E-state index in [0.717, 1.165) is 17.8 Å². The third-order valence-corrected chi connectivity index (χ3v) is 1.99. The van der Waals surface area contributed by atoms with Gasteiger partial charge in [-0.2, -0.15) is 0 Å². The van der Waals surface area contributed by atoms with Crippen molar-refractivity contribution < 1.29 is 0 Å². The van der Waals surface area contributed by atoms with Crippen molar-refractivity contribution in [2.45, 2.75) is 61.3 Å². The Hall–Kier alpha value is 0. The van der Waals surface area contributed by atoms with Crippen molar-refractivity contribution in [1.29, 1.82) is 0 Å². The summed E-state index contributed by atoms with van der Waals surface area (Å²) in [6, 6.07) is 0. The highest BCUT2D eigenvalue weighted by atomic mass is 14.1. The molecule has 0 spiro atoms. The lowest BCUT2D eigenvalue weighted by Gasteiger charge is -2.15. The maximum atomic E-state index is 2.30. The van der Waals surface area contributed by atoms with Crippen LogP contribution in [0.15, 0.2) is 0 Å². The van der Waals surface area contributed by atoms with Gasteiger partial charge in [0.15, 0.2) is 0 Å². The van der Waals surface area contributed by atoms with Crippen molar-refractivity contribution in [2.24, 2.45) is 17.8 Å². The molecule has 0 radical (unpaired) electrons. The molecule has 0 amide bonds. The van der Waals surface area contributed by atoms with E-state index >= 15 is 0 Å². The summed E-state index contributed by atoms with van der Waals surface area (Å²) >= 11 is 0. The zero-order valence-corrected chi connectivity index (χ0v) is 10.1. The van der Waals surface area contributed by atoms with Crippen molar-refractivity contribution in [3.8, 4) is 0 Å². The predicted molar refractivity (Wildman–Crippen MR) is 59.4 cm³/mol. The van der Waals surface area contributed by atoms with E-state index in [1.54, 1.807) is 0 Å². The first-order valence-electron chi connectivity index (χ1n) is 5.45. The summed E-state index contributed by atoms with van der Waals surface area (Å²) in [7, 11) is 0. The van der Waals surface area contributed by atoms with E-state index in [2.05, 4.69) is 48.5 Å². The van der Waals surface area contributed by atoms with Crippen LogP contribution in [-0.4, -0.2) is 0 Å². The Labute approximate surface area is 79.8 Å². The standard InChI is InChI=1S/C8H18.C4H10/c1-5-8(6-2)7(3)4;1-4(2)3/h7-8H,5-6H2,1-4H3;4H,1-3H3. The van der Waals surface area contributed by atoms with E-state index in [4.69, 9.17) is 0 Å². The average molecular weight is 172 g/mol. The van der Waals surface area contributed by atoms with Gasteiger partial charge in [-0.3, -0.25) is 0 Å². The van der Waals surface area contributed by atoms with Crippen LogP contribution in [0.25, 0.3) is 0 Å². The fourth-order valence-corrected chi connectivity index (χ4v) is 1.23. The molecule has 0 heteroatoms. The summed E-state index contributed by atoms with van der Waals surface area (Å²) in [5, 5.41) is 0. The quantitative estimate of drug-likeness (QED) is 0.577. The third kappa shape index (κ3) is 12.7. The SMILES string of the molecule is CC(C)C.CCC(CC)C(C)C. The fraction of sp³-hybridized carbons (Fsp3) is 1.00. The molecule has 12 heavy (non-hydrogen) atoms. The summed E-state index contributed by atoms with van der Waals surface area (Å²) in [6.45, 7) is 15.7. The zero-order chi connectivity index (χ0) is 10.1. The molecule has 76 valence electrons. The van der Waals surface area contributed by atoms with Gasteiger partial charge >= 0.3 is 0 Å².